The van der Waals surface area contributed by atoms with Crippen molar-refractivity contribution in [2.45, 2.75) is 51.9 Å². The van der Waals surface area contributed by atoms with Crippen LogP contribution in [0.2, 0.25) is 0 Å². The van der Waals surface area contributed by atoms with Crippen LogP contribution in [0, 0.1) is 0 Å². The van der Waals surface area contributed by atoms with Crippen molar-refractivity contribution in [3.63, 3.8) is 0 Å². The van der Waals surface area contributed by atoms with E-state index in [-0.39, 0.29) is 12.2 Å². The SMILES string of the molecule is CC(=O)CC(=O)OCCCCCCCCS. The summed E-state index contributed by atoms with van der Waals surface area (Å²) in [5, 5.41) is 0. The number of hydrogen-bond donors (Lipinski definition) is 1. The van der Waals surface area contributed by atoms with E-state index in [4.69, 9.17) is 4.74 Å². The minimum atomic E-state index is -0.400. The predicted octanol–water partition coefficient (Wildman–Crippen LogP) is 2.78. The van der Waals surface area contributed by atoms with E-state index in [9.17, 15) is 9.59 Å². The molecule has 0 spiro atoms. The zero-order valence-electron chi connectivity index (χ0n) is 10.0. The Hall–Kier alpha value is -0.510. The monoisotopic (exact) mass is 246 g/mol. The molecular formula is C12H22O3S. The standard InChI is InChI=1S/C12H22O3S/c1-11(13)10-12(14)15-8-6-4-2-3-5-7-9-16/h16H,2-10H2,1H3. The molecule has 0 fully saturated rings. The molecule has 0 radical (unpaired) electrons. The first-order chi connectivity index (χ1) is 7.66. The number of esters is 1. The van der Waals surface area contributed by atoms with Crippen LogP contribution < -0.4 is 0 Å². The summed E-state index contributed by atoms with van der Waals surface area (Å²) in [7, 11) is 0. The highest BCUT2D eigenvalue weighted by atomic mass is 32.1. The van der Waals surface area contributed by atoms with Crippen LogP contribution in [0.5, 0.6) is 0 Å². The molecule has 16 heavy (non-hydrogen) atoms. The van der Waals surface area contributed by atoms with Crippen molar-refractivity contribution in [2.75, 3.05) is 12.4 Å². The fraction of sp³-hybridized carbons (Fsp3) is 0.833. The summed E-state index contributed by atoms with van der Waals surface area (Å²) in [5.41, 5.74) is 0. The molecule has 0 atom stereocenters. The van der Waals surface area contributed by atoms with Gasteiger partial charge in [0.25, 0.3) is 0 Å². The average Bonchev–Trinajstić information content (AvgIpc) is 2.21. The summed E-state index contributed by atoms with van der Waals surface area (Å²) in [4.78, 5) is 21.6. The van der Waals surface area contributed by atoms with Gasteiger partial charge >= 0.3 is 5.97 Å². The fourth-order valence-corrected chi connectivity index (χ4v) is 1.58. The second-order valence-corrected chi connectivity index (χ2v) is 4.39. The number of carbonyl (C=O) groups is 2. The van der Waals surface area contributed by atoms with E-state index in [0.29, 0.717) is 6.61 Å². The van der Waals surface area contributed by atoms with Crippen LogP contribution in [-0.2, 0) is 14.3 Å². The van der Waals surface area contributed by atoms with E-state index in [1.807, 2.05) is 0 Å². The molecule has 0 aliphatic rings. The van der Waals surface area contributed by atoms with Gasteiger partial charge < -0.3 is 4.74 Å². The van der Waals surface area contributed by atoms with Gasteiger partial charge in [-0.05, 0) is 25.5 Å². The Morgan fingerprint density at radius 2 is 1.56 bits per heavy atom. The smallest absolute Gasteiger partial charge is 0.313 e. The Morgan fingerprint density at radius 1 is 1.00 bits per heavy atom. The molecule has 0 heterocycles. The van der Waals surface area contributed by atoms with Crippen molar-refractivity contribution in [3.8, 4) is 0 Å². The molecule has 4 heteroatoms. The van der Waals surface area contributed by atoms with Crippen LogP contribution in [-0.4, -0.2) is 24.1 Å². The number of Topliss-reactive ketones (excluding diaryl/α,β-unsaturated/α-hetero) is 1. The number of ether oxygens (including phenoxy) is 1. The van der Waals surface area contributed by atoms with E-state index in [0.717, 1.165) is 18.6 Å². The lowest BCUT2D eigenvalue weighted by atomic mass is 10.1. The number of carbonyl (C=O) groups excluding carboxylic acids is 2. The highest BCUT2D eigenvalue weighted by Crippen LogP contribution is 2.06. The normalized spacial score (nSPS) is 10.1. The van der Waals surface area contributed by atoms with Crippen LogP contribution in [0.4, 0.5) is 0 Å². The first-order valence-corrected chi connectivity index (χ1v) is 6.56. The summed E-state index contributed by atoms with van der Waals surface area (Å²) in [5.74, 6) is 0.419. The van der Waals surface area contributed by atoms with Gasteiger partial charge in [0.15, 0.2) is 0 Å². The predicted molar refractivity (Wildman–Crippen MR) is 67.8 cm³/mol. The molecule has 0 bridgehead atoms. The topological polar surface area (TPSA) is 43.4 Å². The largest absolute Gasteiger partial charge is 0.465 e. The summed E-state index contributed by atoms with van der Waals surface area (Å²) in [6, 6.07) is 0. The van der Waals surface area contributed by atoms with Gasteiger partial charge in [0.1, 0.15) is 12.2 Å². The van der Waals surface area contributed by atoms with E-state index < -0.39 is 5.97 Å². The second kappa shape index (κ2) is 11.0. The Labute approximate surface area is 103 Å². The van der Waals surface area contributed by atoms with Crippen molar-refractivity contribution in [1.29, 1.82) is 0 Å². The second-order valence-electron chi connectivity index (χ2n) is 3.94. The highest BCUT2D eigenvalue weighted by molar-refractivity contribution is 7.80. The maximum atomic E-state index is 11.0. The Bertz CT molecular complexity index is 204. The van der Waals surface area contributed by atoms with E-state index in [1.165, 1.54) is 32.6 Å². The first kappa shape index (κ1) is 15.5. The van der Waals surface area contributed by atoms with Gasteiger partial charge in [-0.15, -0.1) is 0 Å². The number of hydrogen-bond acceptors (Lipinski definition) is 4. The number of ketones is 1. The van der Waals surface area contributed by atoms with Gasteiger partial charge in [0.2, 0.25) is 0 Å². The van der Waals surface area contributed by atoms with Gasteiger partial charge in [-0.25, -0.2) is 0 Å². The Balaban J connectivity index is 3.14. The molecule has 0 rings (SSSR count). The van der Waals surface area contributed by atoms with Gasteiger partial charge in [-0.1, -0.05) is 25.7 Å². The summed E-state index contributed by atoms with van der Waals surface area (Å²) < 4.78 is 4.91. The van der Waals surface area contributed by atoms with Crippen molar-refractivity contribution in [2.24, 2.45) is 0 Å². The average molecular weight is 246 g/mol. The molecule has 0 aromatic rings. The van der Waals surface area contributed by atoms with Crippen LogP contribution >= 0.6 is 12.6 Å². The lowest BCUT2D eigenvalue weighted by Gasteiger charge is -2.03. The van der Waals surface area contributed by atoms with Crippen molar-refractivity contribution in [1.82, 2.24) is 0 Å². The minimum absolute atomic E-state index is 0.0953. The van der Waals surface area contributed by atoms with Crippen LogP contribution in [0.15, 0.2) is 0 Å². The maximum Gasteiger partial charge on any atom is 0.313 e. The van der Waals surface area contributed by atoms with E-state index in [1.54, 1.807) is 0 Å². The van der Waals surface area contributed by atoms with Crippen LogP contribution in [0.3, 0.4) is 0 Å². The molecular weight excluding hydrogens is 224 g/mol. The molecule has 0 aromatic heterocycles. The summed E-state index contributed by atoms with van der Waals surface area (Å²) in [6.45, 7) is 1.83. The Kier molecular flexibility index (Phi) is 10.6. The van der Waals surface area contributed by atoms with Crippen molar-refractivity contribution in [3.05, 3.63) is 0 Å². The first-order valence-electron chi connectivity index (χ1n) is 5.92. The molecule has 94 valence electrons. The lowest BCUT2D eigenvalue weighted by Crippen LogP contribution is -2.09. The molecule has 0 aromatic carbocycles. The molecule has 3 nitrogen and oxygen atoms in total. The van der Waals surface area contributed by atoms with E-state index in [2.05, 4.69) is 12.6 Å². The molecule has 0 aliphatic heterocycles. The third-order valence-corrected chi connectivity index (χ3v) is 2.53. The zero-order chi connectivity index (χ0) is 12.2. The molecule has 0 saturated carbocycles. The van der Waals surface area contributed by atoms with Crippen LogP contribution in [0.25, 0.3) is 0 Å². The molecule has 0 amide bonds. The fourth-order valence-electron chi connectivity index (χ4n) is 1.36. The molecule has 0 N–H and O–H groups in total. The van der Waals surface area contributed by atoms with Gasteiger partial charge in [-0.2, -0.15) is 12.6 Å². The van der Waals surface area contributed by atoms with Gasteiger partial charge in [0, 0.05) is 0 Å². The van der Waals surface area contributed by atoms with Crippen molar-refractivity contribution >= 4 is 24.4 Å². The molecule has 0 aliphatic carbocycles. The number of rotatable bonds is 10. The Morgan fingerprint density at radius 3 is 2.12 bits per heavy atom. The van der Waals surface area contributed by atoms with E-state index >= 15 is 0 Å². The van der Waals surface area contributed by atoms with Crippen LogP contribution in [0.1, 0.15) is 51.9 Å². The third kappa shape index (κ3) is 11.6. The highest BCUT2D eigenvalue weighted by Gasteiger charge is 2.05. The van der Waals surface area contributed by atoms with Gasteiger partial charge in [0.05, 0.1) is 6.61 Å². The summed E-state index contributed by atoms with van der Waals surface area (Å²) >= 11 is 4.14. The number of thiol groups is 1. The summed E-state index contributed by atoms with van der Waals surface area (Å²) in [6.07, 6.45) is 6.69. The maximum absolute atomic E-state index is 11.0. The number of unbranched alkanes of at least 4 members (excludes halogenated alkanes) is 5. The zero-order valence-corrected chi connectivity index (χ0v) is 10.9. The third-order valence-electron chi connectivity index (χ3n) is 2.21. The molecule has 0 unspecified atom stereocenters. The van der Waals surface area contributed by atoms with Gasteiger partial charge in [-0.3, -0.25) is 9.59 Å². The quantitative estimate of drug-likeness (QED) is 0.279. The lowest BCUT2D eigenvalue weighted by molar-refractivity contribution is -0.145. The van der Waals surface area contributed by atoms with Crippen molar-refractivity contribution < 1.29 is 14.3 Å². The molecule has 0 saturated heterocycles. The minimum Gasteiger partial charge on any atom is -0.465 e.